The largest absolute Gasteiger partial charge is 0.488 e. The van der Waals surface area contributed by atoms with Gasteiger partial charge in [-0.3, -0.25) is 0 Å². The highest BCUT2D eigenvalue weighted by Crippen LogP contribution is 2.36. The van der Waals surface area contributed by atoms with Crippen molar-refractivity contribution in [3.05, 3.63) is 18.2 Å². The van der Waals surface area contributed by atoms with E-state index in [0.717, 1.165) is 0 Å². The summed E-state index contributed by atoms with van der Waals surface area (Å²) in [5, 5.41) is 8.78. The minimum atomic E-state index is -1.71. The van der Waals surface area contributed by atoms with Crippen LogP contribution in [0.2, 0.25) is 18.1 Å². The maximum Gasteiger partial charge on any atom is 0.232 e. The lowest BCUT2D eigenvalue weighted by molar-refractivity contribution is 0.202. The molecule has 0 aromatic carbocycles. The fourth-order valence-electron chi connectivity index (χ4n) is 1.12. The first-order chi connectivity index (χ1) is 8.76. The summed E-state index contributed by atoms with van der Waals surface area (Å²) in [6, 6.07) is 1.86. The molecule has 19 heavy (non-hydrogen) atoms. The number of hydrogen-bond donors (Lipinski definition) is 0. The first-order valence-electron chi connectivity index (χ1n) is 6.25. The predicted octanol–water partition coefficient (Wildman–Crippen LogP) is 2.75. The van der Waals surface area contributed by atoms with Crippen molar-refractivity contribution < 1.29 is 9.16 Å². The van der Waals surface area contributed by atoms with Gasteiger partial charge in [-0.15, -0.1) is 0 Å². The Labute approximate surface area is 115 Å². The summed E-state index contributed by atoms with van der Waals surface area (Å²) >= 11 is 0. The second-order valence-electron chi connectivity index (χ2n) is 5.81. The molecule has 0 aliphatic carbocycles. The lowest BCUT2D eigenvalue weighted by atomic mass is 10.2. The van der Waals surface area contributed by atoms with Gasteiger partial charge in [0.05, 0.1) is 19.0 Å². The SMILES string of the molecule is CC(C)(C)[Si](C)(C)OCCOc1cnc(C#N)nc1. The monoisotopic (exact) mass is 279 g/mol. The number of nitrogens with zero attached hydrogens (tertiary/aromatic N) is 3. The summed E-state index contributed by atoms with van der Waals surface area (Å²) in [4.78, 5) is 7.67. The highest BCUT2D eigenvalue weighted by atomic mass is 28.4. The van der Waals surface area contributed by atoms with Crippen LogP contribution in [0.25, 0.3) is 0 Å². The molecule has 0 radical (unpaired) electrons. The molecule has 1 rings (SSSR count). The third kappa shape index (κ3) is 4.61. The minimum absolute atomic E-state index is 0.143. The first kappa shape index (κ1) is 15.6. The van der Waals surface area contributed by atoms with Crippen LogP contribution in [0.4, 0.5) is 0 Å². The van der Waals surface area contributed by atoms with E-state index in [4.69, 9.17) is 14.4 Å². The maximum atomic E-state index is 8.58. The summed E-state index contributed by atoms with van der Waals surface area (Å²) in [5.41, 5.74) is 0. The van der Waals surface area contributed by atoms with Gasteiger partial charge in [-0.1, -0.05) is 20.8 Å². The summed E-state index contributed by atoms with van der Waals surface area (Å²) < 4.78 is 11.5. The summed E-state index contributed by atoms with van der Waals surface area (Å²) in [6.45, 7) is 12.0. The summed E-state index contributed by atoms with van der Waals surface area (Å²) in [5.74, 6) is 0.697. The van der Waals surface area contributed by atoms with Crippen molar-refractivity contribution in [3.63, 3.8) is 0 Å². The first-order valence-corrected chi connectivity index (χ1v) is 9.16. The Hall–Kier alpha value is -1.45. The molecule has 1 heterocycles. The fraction of sp³-hybridized carbons (Fsp3) is 0.615. The van der Waals surface area contributed by atoms with Crippen LogP contribution in [0.15, 0.2) is 12.4 Å². The third-order valence-electron chi connectivity index (χ3n) is 3.35. The highest BCUT2D eigenvalue weighted by molar-refractivity contribution is 6.74. The molecule has 1 aromatic heterocycles. The summed E-state index contributed by atoms with van der Waals surface area (Å²) in [7, 11) is -1.71. The molecular weight excluding hydrogens is 258 g/mol. The van der Waals surface area contributed by atoms with E-state index in [1.165, 1.54) is 12.4 Å². The van der Waals surface area contributed by atoms with E-state index in [0.29, 0.717) is 19.0 Å². The van der Waals surface area contributed by atoms with E-state index in [-0.39, 0.29) is 10.9 Å². The molecule has 0 N–H and O–H groups in total. The second kappa shape index (κ2) is 6.13. The normalized spacial score (nSPS) is 12.0. The molecule has 0 aliphatic rings. The van der Waals surface area contributed by atoms with Gasteiger partial charge in [0.15, 0.2) is 14.1 Å². The Morgan fingerprint density at radius 3 is 2.26 bits per heavy atom. The Morgan fingerprint density at radius 2 is 1.79 bits per heavy atom. The second-order valence-corrected chi connectivity index (χ2v) is 10.6. The Balaban J connectivity index is 2.37. The Bertz CT molecular complexity index is 446. The van der Waals surface area contributed by atoms with Gasteiger partial charge in [-0.2, -0.15) is 5.26 Å². The lowest BCUT2D eigenvalue weighted by Gasteiger charge is -2.36. The molecule has 0 spiro atoms. The van der Waals surface area contributed by atoms with Crippen molar-refractivity contribution in [2.45, 2.75) is 38.9 Å². The maximum absolute atomic E-state index is 8.58. The number of nitriles is 1. The van der Waals surface area contributed by atoms with Gasteiger partial charge in [0.1, 0.15) is 12.7 Å². The smallest absolute Gasteiger partial charge is 0.232 e. The molecule has 0 fully saturated rings. The number of rotatable bonds is 5. The van der Waals surface area contributed by atoms with Crippen LogP contribution < -0.4 is 4.74 Å². The molecular formula is C13H21N3O2Si. The van der Waals surface area contributed by atoms with Gasteiger partial charge in [0, 0.05) is 0 Å². The van der Waals surface area contributed by atoms with E-state index in [9.17, 15) is 0 Å². The molecule has 0 aliphatic heterocycles. The highest BCUT2D eigenvalue weighted by Gasteiger charge is 2.36. The van der Waals surface area contributed by atoms with Crippen LogP contribution in [0.3, 0.4) is 0 Å². The van der Waals surface area contributed by atoms with Gasteiger partial charge in [-0.05, 0) is 18.1 Å². The Morgan fingerprint density at radius 1 is 1.21 bits per heavy atom. The molecule has 0 saturated carbocycles. The van der Waals surface area contributed by atoms with Crippen molar-refractivity contribution in [2.24, 2.45) is 0 Å². The van der Waals surface area contributed by atoms with Crippen LogP contribution in [-0.2, 0) is 4.43 Å². The average Bonchev–Trinajstić information content (AvgIpc) is 2.34. The van der Waals surface area contributed by atoms with Gasteiger partial charge >= 0.3 is 0 Å². The van der Waals surface area contributed by atoms with Crippen molar-refractivity contribution in [1.82, 2.24) is 9.97 Å². The van der Waals surface area contributed by atoms with Crippen LogP contribution in [0, 0.1) is 11.3 Å². The third-order valence-corrected chi connectivity index (χ3v) is 7.89. The molecule has 0 amide bonds. The number of ether oxygens (including phenoxy) is 1. The quantitative estimate of drug-likeness (QED) is 0.612. The lowest BCUT2D eigenvalue weighted by Crippen LogP contribution is -2.41. The van der Waals surface area contributed by atoms with E-state index < -0.39 is 8.32 Å². The standard InChI is InChI=1S/C13H21N3O2Si/c1-13(2,3)19(4,5)18-7-6-17-11-9-15-12(8-14)16-10-11/h9-10H,6-7H2,1-5H3. The number of hydrogen-bond acceptors (Lipinski definition) is 5. The van der Waals surface area contributed by atoms with E-state index in [2.05, 4.69) is 43.8 Å². The molecule has 6 heteroatoms. The van der Waals surface area contributed by atoms with Gasteiger partial charge in [0.25, 0.3) is 0 Å². The Kier molecular flexibility index (Phi) is 5.03. The number of aromatic nitrogens is 2. The van der Waals surface area contributed by atoms with Crippen molar-refractivity contribution in [3.8, 4) is 11.8 Å². The van der Waals surface area contributed by atoms with Crippen molar-refractivity contribution >= 4 is 8.32 Å². The van der Waals surface area contributed by atoms with Crippen molar-refractivity contribution in [1.29, 1.82) is 5.26 Å². The zero-order valence-corrected chi connectivity index (χ0v) is 13.2. The van der Waals surface area contributed by atoms with Crippen LogP contribution in [0.1, 0.15) is 26.6 Å². The summed E-state index contributed by atoms with van der Waals surface area (Å²) in [6.07, 6.45) is 3.00. The van der Waals surface area contributed by atoms with E-state index >= 15 is 0 Å². The zero-order valence-electron chi connectivity index (χ0n) is 12.2. The van der Waals surface area contributed by atoms with Crippen LogP contribution >= 0.6 is 0 Å². The van der Waals surface area contributed by atoms with Crippen LogP contribution in [0.5, 0.6) is 5.75 Å². The van der Waals surface area contributed by atoms with Crippen LogP contribution in [-0.4, -0.2) is 31.5 Å². The molecule has 1 aromatic rings. The minimum Gasteiger partial charge on any atom is -0.488 e. The fourth-order valence-corrected chi connectivity index (χ4v) is 2.15. The molecule has 104 valence electrons. The molecule has 0 atom stereocenters. The van der Waals surface area contributed by atoms with Gasteiger partial charge in [-0.25, -0.2) is 9.97 Å². The van der Waals surface area contributed by atoms with Gasteiger partial charge < -0.3 is 9.16 Å². The molecule has 5 nitrogen and oxygen atoms in total. The van der Waals surface area contributed by atoms with E-state index in [1.807, 2.05) is 6.07 Å². The predicted molar refractivity (Wildman–Crippen MR) is 75.4 cm³/mol. The molecule has 0 bridgehead atoms. The van der Waals surface area contributed by atoms with Gasteiger partial charge in [0.2, 0.25) is 5.82 Å². The molecule has 0 saturated heterocycles. The van der Waals surface area contributed by atoms with Crippen molar-refractivity contribution in [2.75, 3.05) is 13.2 Å². The molecule has 0 unspecified atom stereocenters. The topological polar surface area (TPSA) is 68.0 Å². The van der Waals surface area contributed by atoms with E-state index in [1.54, 1.807) is 0 Å². The average molecular weight is 279 g/mol. The zero-order chi connectivity index (χ0) is 14.5.